The molecule has 1 aliphatic carbocycles. The number of ether oxygens (including phenoxy) is 1. The quantitative estimate of drug-likeness (QED) is 0.725. The van der Waals surface area contributed by atoms with Gasteiger partial charge in [0, 0.05) is 44.6 Å². The van der Waals surface area contributed by atoms with Gasteiger partial charge in [0.05, 0.1) is 12.5 Å². The van der Waals surface area contributed by atoms with Gasteiger partial charge in [-0.3, -0.25) is 9.59 Å². The maximum atomic E-state index is 12.9. The van der Waals surface area contributed by atoms with Gasteiger partial charge >= 0.3 is 0 Å². The Bertz CT molecular complexity index is 440. The molecule has 2 heterocycles. The third-order valence-corrected chi connectivity index (χ3v) is 5.97. The average molecular weight is 336 g/mol. The molecule has 24 heavy (non-hydrogen) atoms. The van der Waals surface area contributed by atoms with Crippen LogP contribution in [-0.2, 0) is 14.3 Å². The van der Waals surface area contributed by atoms with Crippen molar-refractivity contribution in [3.05, 3.63) is 0 Å². The lowest BCUT2D eigenvalue weighted by Crippen LogP contribution is -2.41. The number of likely N-dealkylation sites (tertiary alicyclic amines) is 1. The van der Waals surface area contributed by atoms with Gasteiger partial charge in [-0.15, -0.1) is 0 Å². The van der Waals surface area contributed by atoms with Gasteiger partial charge in [0.2, 0.25) is 11.8 Å². The highest BCUT2D eigenvalue weighted by Gasteiger charge is 2.39. The van der Waals surface area contributed by atoms with Crippen LogP contribution < -0.4 is 0 Å². The fourth-order valence-corrected chi connectivity index (χ4v) is 4.49. The molecule has 0 aromatic carbocycles. The van der Waals surface area contributed by atoms with E-state index in [1.54, 1.807) is 0 Å². The number of amides is 2. The Balaban J connectivity index is 1.57. The van der Waals surface area contributed by atoms with Crippen LogP contribution in [0.4, 0.5) is 0 Å². The lowest BCUT2D eigenvalue weighted by Gasteiger charge is -2.29. The molecule has 2 atom stereocenters. The zero-order valence-corrected chi connectivity index (χ0v) is 15.0. The van der Waals surface area contributed by atoms with Crippen LogP contribution in [0.2, 0.25) is 0 Å². The van der Waals surface area contributed by atoms with E-state index < -0.39 is 0 Å². The van der Waals surface area contributed by atoms with Crippen LogP contribution in [0, 0.1) is 11.8 Å². The molecular formula is C19H32N2O3. The summed E-state index contributed by atoms with van der Waals surface area (Å²) in [5, 5.41) is 0. The lowest BCUT2D eigenvalue weighted by molar-refractivity contribution is -0.136. The molecule has 0 radical (unpaired) electrons. The largest absolute Gasteiger partial charge is 0.381 e. The van der Waals surface area contributed by atoms with Crippen LogP contribution >= 0.6 is 0 Å². The van der Waals surface area contributed by atoms with Crippen molar-refractivity contribution in [2.75, 3.05) is 32.8 Å². The van der Waals surface area contributed by atoms with Crippen molar-refractivity contribution in [1.29, 1.82) is 0 Å². The first-order valence-electron chi connectivity index (χ1n) is 9.85. The molecule has 2 aliphatic heterocycles. The zero-order chi connectivity index (χ0) is 16.9. The van der Waals surface area contributed by atoms with E-state index in [2.05, 4.69) is 0 Å². The smallest absolute Gasteiger partial charge is 0.227 e. The van der Waals surface area contributed by atoms with Gasteiger partial charge in [-0.25, -0.2) is 0 Å². The van der Waals surface area contributed by atoms with E-state index in [0.717, 1.165) is 45.6 Å². The first-order chi connectivity index (χ1) is 11.7. The number of rotatable bonds is 5. The summed E-state index contributed by atoms with van der Waals surface area (Å²) in [6.45, 7) is 5.76. The lowest BCUT2D eigenvalue weighted by atomic mass is 10.0. The minimum absolute atomic E-state index is 0.136. The molecule has 3 aliphatic rings. The Labute approximate surface area is 145 Å². The van der Waals surface area contributed by atoms with Crippen LogP contribution in [-0.4, -0.2) is 60.5 Å². The first kappa shape index (κ1) is 17.7. The van der Waals surface area contributed by atoms with Crippen molar-refractivity contribution in [3.63, 3.8) is 0 Å². The molecule has 1 saturated carbocycles. The average Bonchev–Trinajstić information content (AvgIpc) is 3.15. The van der Waals surface area contributed by atoms with Crippen LogP contribution in [0.1, 0.15) is 58.3 Å². The summed E-state index contributed by atoms with van der Waals surface area (Å²) in [6.07, 6.45) is 8.69. The van der Waals surface area contributed by atoms with E-state index in [-0.39, 0.29) is 17.7 Å². The highest BCUT2D eigenvalue weighted by atomic mass is 16.5. The van der Waals surface area contributed by atoms with Crippen molar-refractivity contribution in [2.24, 2.45) is 11.8 Å². The Morgan fingerprint density at radius 1 is 1.21 bits per heavy atom. The predicted octanol–water partition coefficient (Wildman–Crippen LogP) is 2.44. The van der Waals surface area contributed by atoms with Crippen molar-refractivity contribution in [2.45, 2.75) is 64.3 Å². The molecule has 2 amide bonds. The predicted molar refractivity (Wildman–Crippen MR) is 92.5 cm³/mol. The van der Waals surface area contributed by atoms with Gasteiger partial charge in [-0.1, -0.05) is 25.7 Å². The van der Waals surface area contributed by atoms with E-state index in [1.165, 1.54) is 25.7 Å². The van der Waals surface area contributed by atoms with Crippen LogP contribution in [0.15, 0.2) is 0 Å². The van der Waals surface area contributed by atoms with E-state index in [9.17, 15) is 9.59 Å². The number of carbonyl (C=O) groups is 2. The minimum atomic E-state index is -0.136. The molecule has 136 valence electrons. The molecule has 3 fully saturated rings. The third-order valence-electron chi connectivity index (χ3n) is 5.97. The maximum absolute atomic E-state index is 12.9. The Morgan fingerprint density at radius 3 is 2.58 bits per heavy atom. The van der Waals surface area contributed by atoms with Gasteiger partial charge in [0.15, 0.2) is 0 Å². The summed E-state index contributed by atoms with van der Waals surface area (Å²) in [5.74, 6) is 0.696. The van der Waals surface area contributed by atoms with E-state index >= 15 is 0 Å². The SMILES string of the molecule is CCN(C[C@@H]1CCOC1)C(=O)[C@@H]1CC(=O)N(C2CCCCCC2)C1. The Morgan fingerprint density at radius 2 is 1.96 bits per heavy atom. The number of hydrogen-bond acceptors (Lipinski definition) is 3. The number of hydrogen-bond donors (Lipinski definition) is 0. The van der Waals surface area contributed by atoms with Crippen LogP contribution in [0.5, 0.6) is 0 Å². The summed E-state index contributed by atoms with van der Waals surface area (Å²) >= 11 is 0. The molecule has 0 aromatic heterocycles. The molecule has 0 spiro atoms. The third kappa shape index (κ3) is 4.11. The topological polar surface area (TPSA) is 49.9 Å². The highest BCUT2D eigenvalue weighted by molar-refractivity contribution is 5.89. The molecule has 0 N–H and O–H groups in total. The minimum Gasteiger partial charge on any atom is -0.381 e. The summed E-state index contributed by atoms with van der Waals surface area (Å²) in [5.41, 5.74) is 0. The second-order valence-electron chi connectivity index (χ2n) is 7.70. The molecule has 5 nitrogen and oxygen atoms in total. The van der Waals surface area contributed by atoms with E-state index in [1.807, 2.05) is 16.7 Å². The number of carbonyl (C=O) groups excluding carboxylic acids is 2. The van der Waals surface area contributed by atoms with Crippen molar-refractivity contribution < 1.29 is 14.3 Å². The standard InChI is InChI=1S/C19H32N2O3/c1-2-20(12-15-9-10-24-14-15)19(23)16-11-18(22)21(13-16)17-7-5-3-4-6-8-17/h15-17H,2-14H2,1H3/t15-,16+/m0/s1. The number of nitrogens with zero attached hydrogens (tertiary/aromatic N) is 2. The molecule has 2 saturated heterocycles. The van der Waals surface area contributed by atoms with Gasteiger partial charge in [-0.2, -0.15) is 0 Å². The fourth-order valence-electron chi connectivity index (χ4n) is 4.49. The Hall–Kier alpha value is -1.10. The first-order valence-corrected chi connectivity index (χ1v) is 9.85. The van der Waals surface area contributed by atoms with Gasteiger partial charge in [0.1, 0.15) is 0 Å². The Kier molecular flexibility index (Phi) is 6.14. The molecule has 0 unspecified atom stereocenters. The summed E-state index contributed by atoms with van der Waals surface area (Å²) in [4.78, 5) is 29.4. The van der Waals surface area contributed by atoms with Gasteiger partial charge in [0.25, 0.3) is 0 Å². The van der Waals surface area contributed by atoms with Crippen LogP contribution in [0.3, 0.4) is 0 Å². The zero-order valence-electron chi connectivity index (χ0n) is 15.0. The summed E-state index contributed by atoms with van der Waals surface area (Å²) < 4.78 is 5.43. The van der Waals surface area contributed by atoms with Gasteiger partial charge < -0.3 is 14.5 Å². The molecule has 5 heteroatoms. The van der Waals surface area contributed by atoms with Crippen molar-refractivity contribution >= 4 is 11.8 Å². The molecule has 0 aromatic rings. The second kappa shape index (κ2) is 8.32. The molecule has 3 rings (SSSR count). The highest BCUT2D eigenvalue weighted by Crippen LogP contribution is 2.29. The van der Waals surface area contributed by atoms with Crippen molar-refractivity contribution in [3.8, 4) is 0 Å². The normalized spacial score (nSPS) is 29.0. The maximum Gasteiger partial charge on any atom is 0.227 e. The molecular weight excluding hydrogens is 304 g/mol. The molecule has 0 bridgehead atoms. The van der Waals surface area contributed by atoms with E-state index in [4.69, 9.17) is 4.74 Å². The van der Waals surface area contributed by atoms with Gasteiger partial charge in [-0.05, 0) is 26.2 Å². The second-order valence-corrected chi connectivity index (χ2v) is 7.70. The monoisotopic (exact) mass is 336 g/mol. The summed E-state index contributed by atoms with van der Waals surface area (Å²) in [7, 11) is 0. The van der Waals surface area contributed by atoms with Crippen LogP contribution in [0.25, 0.3) is 0 Å². The fraction of sp³-hybridized carbons (Fsp3) is 0.895. The van der Waals surface area contributed by atoms with Crippen molar-refractivity contribution in [1.82, 2.24) is 9.80 Å². The van der Waals surface area contributed by atoms with E-state index in [0.29, 0.717) is 24.9 Å². The summed E-state index contributed by atoms with van der Waals surface area (Å²) in [6, 6.07) is 0.371.